The van der Waals surface area contributed by atoms with Crippen molar-refractivity contribution >= 4 is 40.7 Å². The standard InChI is InChI=1S/C18H21N3O8S/c1-8(22)25-7-12-13(26-9(2)23)14(27-10(3)24)17(28-12)29-16-11-5-6-19-15(11)20-18(21-16)30-4/h5-6,12-14,17H,7H2,1-4H3,(H,19,20,21)/t12-,13-,14-,17+/m1/s1. The fourth-order valence-corrected chi connectivity index (χ4v) is 3.31. The second-order valence-electron chi connectivity index (χ2n) is 6.37. The smallest absolute Gasteiger partial charge is 0.303 e. The van der Waals surface area contributed by atoms with Crippen LogP contribution in [0.15, 0.2) is 17.4 Å². The summed E-state index contributed by atoms with van der Waals surface area (Å²) in [5.74, 6) is -1.58. The van der Waals surface area contributed by atoms with E-state index in [0.717, 1.165) is 0 Å². The van der Waals surface area contributed by atoms with E-state index < -0.39 is 42.5 Å². The Hall–Kier alpha value is -2.86. The molecule has 3 rings (SSSR count). The van der Waals surface area contributed by atoms with E-state index >= 15 is 0 Å². The van der Waals surface area contributed by atoms with E-state index in [1.807, 2.05) is 6.26 Å². The Bertz CT molecular complexity index is 949. The molecule has 11 nitrogen and oxygen atoms in total. The molecule has 0 aliphatic carbocycles. The van der Waals surface area contributed by atoms with E-state index in [9.17, 15) is 14.4 Å². The number of hydrogen-bond donors (Lipinski definition) is 1. The lowest BCUT2D eigenvalue weighted by Crippen LogP contribution is -2.42. The molecule has 1 saturated heterocycles. The number of fused-ring (bicyclic) bond motifs is 1. The summed E-state index contributed by atoms with van der Waals surface area (Å²) in [4.78, 5) is 46.2. The Morgan fingerprint density at radius 3 is 2.43 bits per heavy atom. The molecule has 1 N–H and O–H groups in total. The van der Waals surface area contributed by atoms with Crippen LogP contribution in [0.3, 0.4) is 0 Å². The molecule has 1 fully saturated rings. The minimum atomic E-state index is -1.17. The molecular weight excluding hydrogens is 418 g/mol. The second kappa shape index (κ2) is 9.30. The van der Waals surface area contributed by atoms with E-state index in [-0.39, 0.29) is 12.5 Å². The molecule has 12 heteroatoms. The maximum absolute atomic E-state index is 11.7. The SMILES string of the molecule is CSc1nc(O[C@@H]2O[C@H](COC(C)=O)[C@@H](OC(C)=O)[C@H]2OC(C)=O)c2cc[nH]c2n1. The predicted molar refractivity (Wildman–Crippen MR) is 103 cm³/mol. The Morgan fingerprint density at radius 1 is 1.10 bits per heavy atom. The van der Waals surface area contributed by atoms with E-state index in [0.29, 0.717) is 16.2 Å². The molecule has 3 heterocycles. The number of rotatable bonds is 7. The largest absolute Gasteiger partial charge is 0.463 e. The van der Waals surface area contributed by atoms with Crippen LogP contribution in [0.2, 0.25) is 0 Å². The predicted octanol–water partition coefficient (Wildman–Crippen LogP) is 1.21. The van der Waals surface area contributed by atoms with Crippen molar-refractivity contribution in [2.24, 2.45) is 0 Å². The van der Waals surface area contributed by atoms with Crippen molar-refractivity contribution in [2.75, 3.05) is 12.9 Å². The van der Waals surface area contributed by atoms with E-state index in [4.69, 9.17) is 23.7 Å². The van der Waals surface area contributed by atoms with Crippen LogP contribution in [0.1, 0.15) is 20.8 Å². The summed E-state index contributed by atoms with van der Waals surface area (Å²) in [6.07, 6.45) is -0.723. The molecular formula is C18H21N3O8S. The van der Waals surface area contributed by atoms with Crippen LogP contribution in [-0.4, -0.2) is 70.3 Å². The average molecular weight is 439 g/mol. The van der Waals surface area contributed by atoms with Gasteiger partial charge in [0, 0.05) is 27.0 Å². The highest BCUT2D eigenvalue weighted by atomic mass is 32.2. The quantitative estimate of drug-likeness (QED) is 0.288. The molecule has 0 aromatic carbocycles. The molecule has 0 bridgehead atoms. The van der Waals surface area contributed by atoms with Crippen molar-refractivity contribution in [2.45, 2.75) is 50.5 Å². The van der Waals surface area contributed by atoms with Crippen molar-refractivity contribution in [3.63, 3.8) is 0 Å². The van der Waals surface area contributed by atoms with Crippen LogP contribution in [0.25, 0.3) is 11.0 Å². The fraction of sp³-hybridized carbons (Fsp3) is 0.500. The van der Waals surface area contributed by atoms with Crippen LogP contribution in [0, 0.1) is 0 Å². The van der Waals surface area contributed by atoms with Crippen molar-refractivity contribution in [3.05, 3.63) is 12.3 Å². The first-order valence-corrected chi connectivity index (χ1v) is 10.2. The highest BCUT2D eigenvalue weighted by Crippen LogP contribution is 2.32. The van der Waals surface area contributed by atoms with Gasteiger partial charge in [-0.25, -0.2) is 4.98 Å². The molecule has 0 unspecified atom stereocenters. The first-order valence-electron chi connectivity index (χ1n) is 8.97. The van der Waals surface area contributed by atoms with Crippen molar-refractivity contribution in [1.29, 1.82) is 0 Å². The molecule has 30 heavy (non-hydrogen) atoms. The van der Waals surface area contributed by atoms with Crippen molar-refractivity contribution < 1.29 is 38.1 Å². The second-order valence-corrected chi connectivity index (χ2v) is 7.14. The van der Waals surface area contributed by atoms with Gasteiger partial charge in [0.2, 0.25) is 18.3 Å². The maximum Gasteiger partial charge on any atom is 0.303 e. The van der Waals surface area contributed by atoms with Crippen LogP contribution in [0.4, 0.5) is 0 Å². The zero-order valence-corrected chi connectivity index (χ0v) is 17.6. The van der Waals surface area contributed by atoms with Gasteiger partial charge in [0.25, 0.3) is 0 Å². The fourth-order valence-electron chi connectivity index (χ4n) is 2.96. The summed E-state index contributed by atoms with van der Waals surface area (Å²) in [6.45, 7) is 3.44. The molecule has 162 valence electrons. The van der Waals surface area contributed by atoms with Gasteiger partial charge in [-0.2, -0.15) is 4.98 Å². The number of aromatic amines is 1. The number of ether oxygens (including phenoxy) is 5. The van der Waals surface area contributed by atoms with E-state index in [1.165, 1.54) is 32.5 Å². The topological polar surface area (TPSA) is 139 Å². The third-order valence-electron chi connectivity index (χ3n) is 4.09. The normalized spacial score (nSPS) is 23.2. The zero-order valence-electron chi connectivity index (χ0n) is 16.7. The number of carbonyl (C=O) groups is 3. The number of nitrogens with one attached hydrogen (secondary N) is 1. The summed E-state index contributed by atoms with van der Waals surface area (Å²) in [6, 6.07) is 1.73. The van der Waals surface area contributed by atoms with Gasteiger partial charge in [-0.3, -0.25) is 14.4 Å². The van der Waals surface area contributed by atoms with Gasteiger partial charge >= 0.3 is 17.9 Å². The van der Waals surface area contributed by atoms with Crippen molar-refractivity contribution in [3.8, 4) is 5.88 Å². The Labute approximate surface area is 175 Å². The molecule has 0 spiro atoms. The number of nitrogens with zero attached hydrogens (tertiary/aromatic N) is 2. The number of H-pyrrole nitrogens is 1. The van der Waals surface area contributed by atoms with Crippen LogP contribution in [-0.2, 0) is 33.3 Å². The Balaban J connectivity index is 1.92. The highest BCUT2D eigenvalue weighted by Gasteiger charge is 2.51. The Morgan fingerprint density at radius 2 is 1.80 bits per heavy atom. The number of aromatic nitrogens is 3. The summed E-state index contributed by atoms with van der Waals surface area (Å²) in [5.41, 5.74) is 0.555. The molecule has 1 aliphatic heterocycles. The summed E-state index contributed by atoms with van der Waals surface area (Å²) in [5, 5.41) is 1.04. The first-order chi connectivity index (χ1) is 14.3. The lowest BCUT2D eigenvalue weighted by Gasteiger charge is -2.23. The molecule has 2 aromatic rings. The molecule has 0 saturated carbocycles. The van der Waals surface area contributed by atoms with Gasteiger partial charge in [0.1, 0.15) is 18.4 Å². The van der Waals surface area contributed by atoms with Gasteiger partial charge in [-0.15, -0.1) is 0 Å². The number of hydrogen-bond acceptors (Lipinski definition) is 11. The van der Waals surface area contributed by atoms with Gasteiger partial charge in [0.15, 0.2) is 11.3 Å². The van der Waals surface area contributed by atoms with Crippen LogP contribution < -0.4 is 4.74 Å². The summed E-state index contributed by atoms with van der Waals surface area (Å²) in [7, 11) is 0. The first kappa shape index (κ1) is 21.8. The average Bonchev–Trinajstić information content (AvgIpc) is 3.25. The highest BCUT2D eigenvalue weighted by molar-refractivity contribution is 7.98. The van der Waals surface area contributed by atoms with Gasteiger partial charge < -0.3 is 28.7 Å². The molecule has 1 aliphatic rings. The van der Waals surface area contributed by atoms with Crippen LogP contribution >= 0.6 is 11.8 Å². The molecule has 0 radical (unpaired) electrons. The summed E-state index contributed by atoms with van der Waals surface area (Å²) >= 11 is 1.32. The third kappa shape index (κ3) is 5.00. The van der Waals surface area contributed by atoms with Crippen LogP contribution in [0.5, 0.6) is 5.88 Å². The summed E-state index contributed by atoms with van der Waals surface area (Å²) < 4.78 is 27.4. The Kier molecular flexibility index (Phi) is 6.77. The molecule has 4 atom stereocenters. The number of carbonyl (C=O) groups excluding carboxylic acids is 3. The third-order valence-corrected chi connectivity index (χ3v) is 4.64. The number of esters is 3. The van der Waals surface area contributed by atoms with Crippen molar-refractivity contribution in [1.82, 2.24) is 15.0 Å². The van der Waals surface area contributed by atoms with Gasteiger partial charge in [-0.05, 0) is 12.3 Å². The van der Waals surface area contributed by atoms with E-state index in [1.54, 1.807) is 12.3 Å². The lowest BCUT2D eigenvalue weighted by atomic mass is 10.1. The van der Waals surface area contributed by atoms with Gasteiger partial charge in [-0.1, -0.05) is 11.8 Å². The minimum absolute atomic E-state index is 0.197. The van der Waals surface area contributed by atoms with E-state index in [2.05, 4.69) is 15.0 Å². The zero-order chi connectivity index (χ0) is 21.8. The lowest BCUT2D eigenvalue weighted by molar-refractivity contribution is -0.171. The maximum atomic E-state index is 11.7. The number of thioether (sulfide) groups is 1. The van der Waals surface area contributed by atoms with Gasteiger partial charge in [0.05, 0.1) is 5.39 Å². The monoisotopic (exact) mass is 439 g/mol. The minimum Gasteiger partial charge on any atom is -0.463 e. The molecule has 2 aromatic heterocycles. The molecule has 0 amide bonds.